The van der Waals surface area contributed by atoms with Crippen molar-refractivity contribution in [2.24, 2.45) is 0 Å². The van der Waals surface area contributed by atoms with Crippen LogP contribution in [0.2, 0.25) is 0 Å². The number of nitrogens with zero attached hydrogens (tertiary/aromatic N) is 3. The zero-order valence-electron chi connectivity index (χ0n) is 8.77. The second-order valence-corrected chi connectivity index (χ2v) is 4.11. The smallest absolute Gasteiger partial charge is 0.0897 e. The molecule has 1 aliphatic rings. The highest BCUT2D eigenvalue weighted by Gasteiger charge is 2.19. The van der Waals surface area contributed by atoms with E-state index in [1.54, 1.807) is 0 Å². The second kappa shape index (κ2) is 3.31. The molecule has 2 aromatic heterocycles. The Labute approximate surface area is 88.3 Å². The van der Waals surface area contributed by atoms with Crippen molar-refractivity contribution < 1.29 is 0 Å². The summed E-state index contributed by atoms with van der Waals surface area (Å²) in [6.07, 6.45) is 1.19. The highest BCUT2D eigenvalue weighted by Crippen LogP contribution is 2.23. The average Bonchev–Trinajstić information content (AvgIpc) is 2.88. The van der Waals surface area contributed by atoms with Gasteiger partial charge in [-0.25, -0.2) is 4.52 Å². The Balaban J connectivity index is 2.17. The van der Waals surface area contributed by atoms with Gasteiger partial charge in [0.15, 0.2) is 0 Å². The molecule has 1 N–H and O–H groups in total. The minimum absolute atomic E-state index is 0.579. The molecule has 0 saturated carbocycles. The molecule has 0 spiro atoms. The van der Waals surface area contributed by atoms with E-state index in [0.29, 0.717) is 5.92 Å². The van der Waals surface area contributed by atoms with Crippen LogP contribution in [0.25, 0.3) is 5.52 Å². The zero-order chi connectivity index (χ0) is 10.3. The summed E-state index contributed by atoms with van der Waals surface area (Å²) in [7, 11) is 0. The summed E-state index contributed by atoms with van der Waals surface area (Å²) in [5.74, 6) is 0.579. The quantitative estimate of drug-likeness (QED) is 0.753. The Bertz CT molecular complexity index is 482. The first kappa shape index (κ1) is 8.85. The molecule has 1 fully saturated rings. The third-order valence-electron chi connectivity index (χ3n) is 3.13. The first-order chi connectivity index (χ1) is 7.36. The molecule has 1 unspecified atom stereocenters. The zero-order valence-corrected chi connectivity index (χ0v) is 8.77. The number of hydrogen-bond acceptors (Lipinski definition) is 3. The molecule has 4 nitrogen and oxygen atoms in total. The predicted octanol–water partition coefficient (Wildman–Crippen LogP) is 1.11. The van der Waals surface area contributed by atoms with Crippen molar-refractivity contribution in [3.05, 3.63) is 29.6 Å². The molecule has 15 heavy (non-hydrogen) atoms. The van der Waals surface area contributed by atoms with Crippen molar-refractivity contribution in [3.63, 3.8) is 0 Å². The van der Waals surface area contributed by atoms with E-state index in [9.17, 15) is 0 Å². The van der Waals surface area contributed by atoms with Crippen LogP contribution < -0.4 is 5.32 Å². The minimum Gasteiger partial charge on any atom is -0.316 e. The molecule has 0 bridgehead atoms. The second-order valence-electron chi connectivity index (χ2n) is 4.11. The van der Waals surface area contributed by atoms with Gasteiger partial charge in [-0.1, -0.05) is 11.3 Å². The molecule has 1 atom stereocenters. The Hall–Kier alpha value is -1.42. The van der Waals surface area contributed by atoms with Crippen molar-refractivity contribution in [3.8, 4) is 0 Å². The summed E-state index contributed by atoms with van der Waals surface area (Å²) < 4.78 is 1.98. The number of aryl methyl sites for hydroxylation is 1. The summed E-state index contributed by atoms with van der Waals surface area (Å²) in [5.41, 5.74) is 3.40. The number of pyridine rings is 1. The van der Waals surface area contributed by atoms with Crippen LogP contribution in [0.4, 0.5) is 0 Å². The Kier molecular flexibility index (Phi) is 1.95. The molecule has 0 aliphatic carbocycles. The molecule has 78 valence electrons. The van der Waals surface area contributed by atoms with E-state index in [1.165, 1.54) is 12.1 Å². The lowest BCUT2D eigenvalue weighted by atomic mass is 10.0. The van der Waals surface area contributed by atoms with Crippen LogP contribution in [0.5, 0.6) is 0 Å². The minimum atomic E-state index is 0.579. The lowest BCUT2D eigenvalue weighted by Gasteiger charge is -2.09. The molecular formula is C11H14N4. The molecular weight excluding hydrogens is 188 g/mol. The SMILES string of the molecule is Cc1nnn2c(C3CCNC3)cccc12. The van der Waals surface area contributed by atoms with Crippen LogP contribution in [0, 0.1) is 6.92 Å². The normalized spacial score (nSPS) is 21.3. The van der Waals surface area contributed by atoms with E-state index in [0.717, 1.165) is 24.3 Å². The van der Waals surface area contributed by atoms with Crippen molar-refractivity contribution in [1.29, 1.82) is 0 Å². The fourth-order valence-corrected chi connectivity index (χ4v) is 2.27. The number of nitrogens with one attached hydrogen (secondary N) is 1. The fourth-order valence-electron chi connectivity index (χ4n) is 2.27. The molecule has 0 radical (unpaired) electrons. The van der Waals surface area contributed by atoms with Gasteiger partial charge >= 0.3 is 0 Å². The van der Waals surface area contributed by atoms with Crippen molar-refractivity contribution in [2.75, 3.05) is 13.1 Å². The summed E-state index contributed by atoms with van der Waals surface area (Å²) in [4.78, 5) is 0. The van der Waals surface area contributed by atoms with Gasteiger partial charge in [0.1, 0.15) is 0 Å². The highest BCUT2D eigenvalue weighted by molar-refractivity contribution is 5.51. The molecule has 0 aromatic carbocycles. The average molecular weight is 202 g/mol. The van der Waals surface area contributed by atoms with E-state index in [1.807, 2.05) is 11.4 Å². The van der Waals surface area contributed by atoms with E-state index < -0.39 is 0 Å². The van der Waals surface area contributed by atoms with Crippen LogP contribution in [-0.4, -0.2) is 27.9 Å². The summed E-state index contributed by atoms with van der Waals surface area (Å²) in [6.45, 7) is 4.16. The van der Waals surface area contributed by atoms with Gasteiger partial charge in [0.25, 0.3) is 0 Å². The fraction of sp³-hybridized carbons (Fsp3) is 0.455. The molecule has 1 saturated heterocycles. The molecule has 4 heteroatoms. The highest BCUT2D eigenvalue weighted by atomic mass is 15.4. The van der Waals surface area contributed by atoms with Crippen LogP contribution in [0.1, 0.15) is 23.7 Å². The van der Waals surface area contributed by atoms with Gasteiger partial charge in [-0.3, -0.25) is 0 Å². The Morgan fingerprint density at radius 1 is 1.47 bits per heavy atom. The number of fused-ring (bicyclic) bond motifs is 1. The van der Waals surface area contributed by atoms with Crippen molar-refractivity contribution in [2.45, 2.75) is 19.3 Å². The van der Waals surface area contributed by atoms with Gasteiger partial charge in [0.2, 0.25) is 0 Å². The van der Waals surface area contributed by atoms with Gasteiger partial charge in [-0.15, -0.1) is 5.10 Å². The third-order valence-corrected chi connectivity index (χ3v) is 3.13. The third kappa shape index (κ3) is 1.33. The summed E-state index contributed by atoms with van der Waals surface area (Å²) >= 11 is 0. The van der Waals surface area contributed by atoms with Gasteiger partial charge in [0, 0.05) is 18.2 Å². The number of hydrogen-bond donors (Lipinski definition) is 1. The standard InChI is InChI=1S/C11H14N4/c1-8-10-3-2-4-11(15(10)14-13-8)9-5-6-12-7-9/h2-4,9,12H,5-7H2,1H3. The molecule has 3 rings (SSSR count). The van der Waals surface area contributed by atoms with Crippen molar-refractivity contribution in [1.82, 2.24) is 20.1 Å². The first-order valence-electron chi connectivity index (χ1n) is 5.38. The summed E-state index contributed by atoms with van der Waals surface area (Å²) in [6, 6.07) is 6.32. The number of rotatable bonds is 1. The van der Waals surface area contributed by atoms with Crippen LogP contribution in [0.15, 0.2) is 18.2 Å². The lowest BCUT2D eigenvalue weighted by molar-refractivity contribution is 0.681. The maximum absolute atomic E-state index is 4.20. The van der Waals surface area contributed by atoms with E-state index in [2.05, 4.69) is 33.8 Å². The maximum atomic E-state index is 4.20. The van der Waals surface area contributed by atoms with Gasteiger partial charge in [-0.05, 0) is 32.0 Å². The molecule has 0 amide bonds. The molecule has 1 aliphatic heterocycles. The van der Waals surface area contributed by atoms with Crippen LogP contribution >= 0.6 is 0 Å². The predicted molar refractivity (Wildman–Crippen MR) is 58.0 cm³/mol. The lowest BCUT2D eigenvalue weighted by Crippen LogP contribution is -2.10. The Morgan fingerprint density at radius 2 is 2.40 bits per heavy atom. The largest absolute Gasteiger partial charge is 0.316 e. The van der Waals surface area contributed by atoms with E-state index in [4.69, 9.17) is 0 Å². The topological polar surface area (TPSA) is 42.2 Å². The molecule has 3 heterocycles. The van der Waals surface area contributed by atoms with Crippen molar-refractivity contribution >= 4 is 5.52 Å². The van der Waals surface area contributed by atoms with E-state index >= 15 is 0 Å². The Morgan fingerprint density at radius 3 is 3.20 bits per heavy atom. The van der Waals surface area contributed by atoms with Gasteiger partial charge in [0.05, 0.1) is 11.2 Å². The van der Waals surface area contributed by atoms with E-state index in [-0.39, 0.29) is 0 Å². The summed E-state index contributed by atoms with van der Waals surface area (Å²) in [5, 5.41) is 11.7. The van der Waals surface area contributed by atoms with Crippen LogP contribution in [0.3, 0.4) is 0 Å². The monoisotopic (exact) mass is 202 g/mol. The van der Waals surface area contributed by atoms with Gasteiger partial charge < -0.3 is 5.32 Å². The maximum Gasteiger partial charge on any atom is 0.0897 e. The first-order valence-corrected chi connectivity index (χ1v) is 5.38. The molecule has 2 aromatic rings. The number of aromatic nitrogens is 3. The van der Waals surface area contributed by atoms with Gasteiger partial charge in [-0.2, -0.15) is 0 Å². The van der Waals surface area contributed by atoms with Crippen LogP contribution in [-0.2, 0) is 0 Å².